The number of nitrogens with zero attached hydrogens (tertiary/aromatic N) is 2. The van der Waals surface area contributed by atoms with Crippen LogP contribution in [-0.2, 0) is 10.5 Å². The second-order valence-corrected chi connectivity index (χ2v) is 8.58. The number of aliphatic hydroxyl groups is 1. The minimum Gasteiger partial charge on any atom is -0.497 e. The Balaban J connectivity index is 1.82. The molecule has 1 amide bonds. The normalized spacial score (nSPS) is 22.0. The van der Waals surface area contributed by atoms with Crippen LogP contribution in [0.1, 0.15) is 23.5 Å². The van der Waals surface area contributed by atoms with Crippen LogP contribution in [0.5, 0.6) is 23.0 Å². The molecule has 2 heterocycles. The molecule has 0 radical (unpaired) electrons. The lowest BCUT2D eigenvalue weighted by atomic mass is 9.85. The summed E-state index contributed by atoms with van der Waals surface area (Å²) < 4.78 is 21.6. The van der Waals surface area contributed by atoms with Gasteiger partial charge in [-0.1, -0.05) is 12.1 Å². The van der Waals surface area contributed by atoms with E-state index >= 15 is 0 Å². The van der Waals surface area contributed by atoms with E-state index in [9.17, 15) is 15.2 Å². The van der Waals surface area contributed by atoms with E-state index in [0.29, 0.717) is 44.7 Å². The Morgan fingerprint density at radius 3 is 2.36 bits per heavy atom. The van der Waals surface area contributed by atoms with Crippen LogP contribution in [0.15, 0.2) is 47.0 Å². The van der Waals surface area contributed by atoms with Gasteiger partial charge in [0.2, 0.25) is 11.7 Å². The van der Waals surface area contributed by atoms with E-state index in [1.54, 1.807) is 43.5 Å². The van der Waals surface area contributed by atoms with Gasteiger partial charge in [0.25, 0.3) is 0 Å². The summed E-state index contributed by atoms with van der Waals surface area (Å²) >= 11 is 1.29. The summed E-state index contributed by atoms with van der Waals surface area (Å²) in [6.45, 7) is 0. The zero-order valence-electron chi connectivity index (χ0n) is 18.7. The van der Waals surface area contributed by atoms with Crippen molar-refractivity contribution >= 4 is 17.7 Å². The van der Waals surface area contributed by atoms with E-state index in [4.69, 9.17) is 18.9 Å². The fourth-order valence-corrected chi connectivity index (χ4v) is 5.66. The molecule has 0 saturated carbocycles. The van der Waals surface area contributed by atoms with Gasteiger partial charge < -0.3 is 24.1 Å². The van der Waals surface area contributed by atoms with Gasteiger partial charge in [0.1, 0.15) is 5.75 Å². The summed E-state index contributed by atoms with van der Waals surface area (Å²) in [5, 5.41) is 22.1. The molecule has 33 heavy (non-hydrogen) atoms. The first-order valence-electron chi connectivity index (χ1n) is 10.2. The fraction of sp³-hybridized carbons (Fsp3) is 0.333. The molecular weight excluding hydrogens is 444 g/mol. The number of carbonyl (C=O) groups is 1. The molecule has 8 nitrogen and oxygen atoms in total. The molecule has 4 rings (SSSR count). The predicted octanol–water partition coefficient (Wildman–Crippen LogP) is 3.36. The maximum Gasteiger partial charge on any atom is 0.231 e. The summed E-state index contributed by atoms with van der Waals surface area (Å²) in [5.74, 6) is 1.30. The molecule has 1 saturated heterocycles. The first-order valence-corrected chi connectivity index (χ1v) is 11.2. The number of hydrogen-bond donors (Lipinski definition) is 1. The van der Waals surface area contributed by atoms with Gasteiger partial charge in [-0.2, -0.15) is 5.26 Å². The van der Waals surface area contributed by atoms with Gasteiger partial charge in [0, 0.05) is 17.9 Å². The second-order valence-electron chi connectivity index (χ2n) is 7.61. The Kier molecular flexibility index (Phi) is 6.15. The van der Waals surface area contributed by atoms with Crippen LogP contribution in [0.25, 0.3) is 0 Å². The number of allylic oxidation sites excluding steroid dienone is 1. The minimum absolute atomic E-state index is 0.0118. The molecule has 2 atom stereocenters. The molecule has 0 aromatic heterocycles. The van der Waals surface area contributed by atoms with Crippen LogP contribution >= 0.6 is 11.8 Å². The van der Waals surface area contributed by atoms with E-state index in [2.05, 4.69) is 6.07 Å². The molecule has 2 aliphatic rings. The van der Waals surface area contributed by atoms with Crippen LogP contribution in [0.4, 0.5) is 0 Å². The molecule has 2 aromatic rings. The Morgan fingerprint density at radius 2 is 1.79 bits per heavy atom. The topological polar surface area (TPSA) is 101 Å². The third-order valence-electron chi connectivity index (χ3n) is 5.93. The highest BCUT2D eigenvalue weighted by Crippen LogP contribution is 2.53. The lowest BCUT2D eigenvalue weighted by Crippen LogP contribution is -2.48. The SMILES string of the molecule is COc1cccc([C@]2(O)CSC3=C(C#N)[C@H](c4cc(OC)c(OC)c(OC)c4)CC(=O)N32)c1. The van der Waals surface area contributed by atoms with Crippen LogP contribution in [0, 0.1) is 11.3 Å². The molecule has 2 aromatic carbocycles. The quantitative estimate of drug-likeness (QED) is 0.689. The summed E-state index contributed by atoms with van der Waals surface area (Å²) in [5.41, 5.74) is 0.0569. The van der Waals surface area contributed by atoms with Gasteiger partial charge in [0.15, 0.2) is 17.2 Å². The van der Waals surface area contributed by atoms with E-state index in [1.165, 1.54) is 38.0 Å². The summed E-state index contributed by atoms with van der Waals surface area (Å²) in [4.78, 5) is 14.7. The van der Waals surface area contributed by atoms with E-state index in [0.717, 1.165) is 0 Å². The van der Waals surface area contributed by atoms with Crippen molar-refractivity contribution in [3.05, 3.63) is 58.1 Å². The number of amides is 1. The maximum atomic E-state index is 13.4. The molecular formula is C24H24N2O6S. The number of methoxy groups -OCH3 is 4. The summed E-state index contributed by atoms with van der Waals surface area (Å²) in [6.07, 6.45) is 0.0118. The monoisotopic (exact) mass is 468 g/mol. The molecule has 0 unspecified atom stereocenters. The third kappa shape index (κ3) is 3.65. The number of ether oxygens (including phenoxy) is 4. The Hall–Kier alpha value is -3.35. The molecule has 0 spiro atoms. The molecule has 0 bridgehead atoms. The van der Waals surface area contributed by atoms with Gasteiger partial charge >= 0.3 is 0 Å². The number of hydrogen-bond acceptors (Lipinski definition) is 8. The smallest absolute Gasteiger partial charge is 0.231 e. The zero-order chi connectivity index (χ0) is 23.8. The van der Waals surface area contributed by atoms with Gasteiger partial charge in [-0.25, -0.2) is 0 Å². The first kappa shape index (κ1) is 22.8. The molecule has 9 heteroatoms. The van der Waals surface area contributed by atoms with Crippen molar-refractivity contribution < 1.29 is 28.8 Å². The fourth-order valence-electron chi connectivity index (χ4n) is 4.30. The van der Waals surface area contributed by atoms with Gasteiger partial charge in [-0.3, -0.25) is 9.69 Å². The van der Waals surface area contributed by atoms with Crippen LogP contribution < -0.4 is 18.9 Å². The number of thioether (sulfide) groups is 1. The van der Waals surface area contributed by atoms with Crippen molar-refractivity contribution in [3.63, 3.8) is 0 Å². The van der Waals surface area contributed by atoms with Crippen molar-refractivity contribution in [2.24, 2.45) is 0 Å². The minimum atomic E-state index is -1.58. The maximum absolute atomic E-state index is 13.4. The van der Waals surface area contributed by atoms with Crippen molar-refractivity contribution in [1.29, 1.82) is 5.26 Å². The molecule has 0 aliphatic carbocycles. The van der Waals surface area contributed by atoms with Crippen molar-refractivity contribution in [2.45, 2.75) is 18.1 Å². The van der Waals surface area contributed by atoms with Crippen LogP contribution in [-0.4, -0.2) is 50.1 Å². The molecule has 2 aliphatic heterocycles. The number of nitriles is 1. The highest BCUT2D eigenvalue weighted by Gasteiger charge is 2.52. The van der Waals surface area contributed by atoms with Gasteiger partial charge in [-0.15, -0.1) is 11.8 Å². The number of benzene rings is 2. The molecule has 172 valence electrons. The van der Waals surface area contributed by atoms with Crippen molar-refractivity contribution in [2.75, 3.05) is 34.2 Å². The molecule has 1 fully saturated rings. The zero-order valence-corrected chi connectivity index (χ0v) is 19.6. The largest absolute Gasteiger partial charge is 0.497 e. The van der Waals surface area contributed by atoms with E-state index in [-0.39, 0.29) is 18.1 Å². The van der Waals surface area contributed by atoms with E-state index < -0.39 is 11.6 Å². The number of rotatable bonds is 6. The summed E-state index contributed by atoms with van der Waals surface area (Å²) in [7, 11) is 6.08. The predicted molar refractivity (Wildman–Crippen MR) is 122 cm³/mol. The Labute approximate surface area is 196 Å². The lowest BCUT2D eigenvalue weighted by molar-refractivity contribution is -0.149. The Morgan fingerprint density at radius 1 is 1.09 bits per heavy atom. The first-order chi connectivity index (χ1) is 15.9. The summed E-state index contributed by atoms with van der Waals surface area (Å²) in [6, 6.07) is 12.8. The van der Waals surface area contributed by atoms with E-state index in [1.807, 2.05) is 0 Å². The van der Waals surface area contributed by atoms with Crippen molar-refractivity contribution in [1.82, 2.24) is 4.90 Å². The van der Waals surface area contributed by atoms with Gasteiger partial charge in [0.05, 0.1) is 50.9 Å². The van der Waals surface area contributed by atoms with Crippen LogP contribution in [0.2, 0.25) is 0 Å². The average Bonchev–Trinajstić information content (AvgIpc) is 3.22. The second kappa shape index (κ2) is 8.89. The number of carbonyl (C=O) groups excluding carboxylic acids is 1. The third-order valence-corrected chi connectivity index (χ3v) is 7.15. The number of fused-ring (bicyclic) bond motifs is 1. The Bertz CT molecular complexity index is 1150. The van der Waals surface area contributed by atoms with Crippen LogP contribution in [0.3, 0.4) is 0 Å². The highest BCUT2D eigenvalue weighted by molar-refractivity contribution is 8.03. The van der Waals surface area contributed by atoms with Gasteiger partial charge in [-0.05, 0) is 29.8 Å². The average molecular weight is 469 g/mol. The lowest BCUT2D eigenvalue weighted by Gasteiger charge is -2.38. The molecule has 1 N–H and O–H groups in total. The highest BCUT2D eigenvalue weighted by atomic mass is 32.2. The standard InChI is InChI=1S/C24H24N2O6S/c1-29-16-7-5-6-15(10-16)24(28)13-33-23-18(12-25)17(11-21(27)26(23)24)14-8-19(30-2)22(32-4)20(9-14)31-3/h5-10,17,28H,11,13H2,1-4H3/t17-,24+/m0/s1. The van der Waals surface area contributed by atoms with Crippen molar-refractivity contribution in [3.8, 4) is 29.1 Å².